The first kappa shape index (κ1) is 14.0. The van der Waals surface area contributed by atoms with E-state index in [1.54, 1.807) is 6.07 Å². The minimum atomic E-state index is -1.15. The van der Waals surface area contributed by atoms with Crippen LogP contribution in [0.3, 0.4) is 0 Å². The molecular formula is C13H17FO2S. The minimum Gasteiger partial charge on any atom is -0.293 e. The third-order valence-corrected chi connectivity index (χ3v) is 3.64. The first-order valence-corrected chi connectivity index (χ1v) is 7.11. The fourth-order valence-electron chi connectivity index (χ4n) is 1.33. The van der Waals surface area contributed by atoms with Gasteiger partial charge in [-0.25, -0.2) is 4.39 Å². The van der Waals surface area contributed by atoms with E-state index in [1.165, 1.54) is 18.2 Å². The highest BCUT2D eigenvalue weighted by atomic mass is 32.2. The average molecular weight is 256 g/mol. The summed E-state index contributed by atoms with van der Waals surface area (Å²) < 4.78 is 24.5. The van der Waals surface area contributed by atoms with Crippen LogP contribution in [0.15, 0.2) is 24.3 Å². The smallest absolute Gasteiger partial charge is 0.175 e. The Kier molecular flexibility index (Phi) is 5.48. The monoisotopic (exact) mass is 256 g/mol. The normalized spacial score (nSPS) is 12.7. The lowest BCUT2D eigenvalue weighted by Gasteiger charge is -2.04. The summed E-state index contributed by atoms with van der Waals surface area (Å²) in [6, 6.07) is 5.50. The van der Waals surface area contributed by atoms with Crippen LogP contribution in [-0.4, -0.2) is 21.5 Å². The summed E-state index contributed by atoms with van der Waals surface area (Å²) in [7, 11) is -1.15. The molecule has 0 saturated carbocycles. The van der Waals surface area contributed by atoms with E-state index in [2.05, 4.69) is 0 Å². The number of carbonyl (C=O) groups is 1. The van der Waals surface area contributed by atoms with E-state index in [1.807, 2.05) is 13.8 Å². The predicted molar refractivity (Wildman–Crippen MR) is 68.1 cm³/mol. The molecule has 1 aromatic rings. The van der Waals surface area contributed by atoms with Crippen molar-refractivity contribution in [2.45, 2.75) is 20.3 Å². The van der Waals surface area contributed by atoms with Gasteiger partial charge in [0.25, 0.3) is 0 Å². The molecule has 1 atom stereocenters. The molecule has 0 bridgehead atoms. The van der Waals surface area contributed by atoms with Gasteiger partial charge in [-0.3, -0.25) is 9.00 Å². The molecule has 17 heavy (non-hydrogen) atoms. The summed E-state index contributed by atoms with van der Waals surface area (Å²) in [4.78, 5) is 11.7. The van der Waals surface area contributed by atoms with Crippen molar-refractivity contribution in [3.05, 3.63) is 35.6 Å². The van der Waals surface area contributed by atoms with Crippen LogP contribution in [0.1, 0.15) is 30.6 Å². The van der Waals surface area contributed by atoms with Gasteiger partial charge in [-0.05, 0) is 24.5 Å². The zero-order valence-corrected chi connectivity index (χ0v) is 10.9. The number of halogens is 1. The Bertz CT molecular complexity index is 416. The minimum absolute atomic E-state index is 0.0177. The van der Waals surface area contributed by atoms with Gasteiger partial charge in [-0.15, -0.1) is 0 Å². The summed E-state index contributed by atoms with van der Waals surface area (Å²) >= 11 is 0. The molecule has 0 fully saturated rings. The first-order chi connectivity index (χ1) is 7.99. The van der Waals surface area contributed by atoms with Crippen LogP contribution in [0.5, 0.6) is 0 Å². The Labute approximate surface area is 104 Å². The molecule has 2 nitrogen and oxygen atoms in total. The quantitative estimate of drug-likeness (QED) is 0.733. The molecular weight excluding hydrogens is 239 g/mol. The topological polar surface area (TPSA) is 34.1 Å². The number of rotatable bonds is 6. The molecule has 0 heterocycles. The standard InChI is InChI=1S/C13H17FO2S/c1-10(2)6-7-17(16)9-13(15)11-4-3-5-12(14)8-11/h3-5,8,10H,6-7,9H2,1-2H3. The van der Waals surface area contributed by atoms with Crippen molar-refractivity contribution in [1.82, 2.24) is 0 Å². The van der Waals surface area contributed by atoms with Gasteiger partial charge in [-0.1, -0.05) is 26.0 Å². The molecule has 4 heteroatoms. The zero-order chi connectivity index (χ0) is 12.8. The molecule has 0 spiro atoms. The molecule has 0 aliphatic carbocycles. The summed E-state index contributed by atoms with van der Waals surface area (Å²) in [5.41, 5.74) is 0.294. The van der Waals surface area contributed by atoms with Crippen LogP contribution in [0.2, 0.25) is 0 Å². The van der Waals surface area contributed by atoms with Crippen molar-refractivity contribution in [2.24, 2.45) is 5.92 Å². The molecule has 0 radical (unpaired) electrons. The second kappa shape index (κ2) is 6.64. The maximum Gasteiger partial charge on any atom is 0.175 e. The number of Topliss-reactive ketones (excluding diaryl/α,β-unsaturated/α-hetero) is 1. The molecule has 0 amide bonds. The summed E-state index contributed by atoms with van der Waals surface area (Å²) in [5, 5.41) is 0. The zero-order valence-electron chi connectivity index (χ0n) is 10.1. The Balaban J connectivity index is 2.52. The number of hydrogen-bond acceptors (Lipinski definition) is 2. The van der Waals surface area contributed by atoms with Crippen molar-refractivity contribution in [2.75, 3.05) is 11.5 Å². The van der Waals surface area contributed by atoms with Crippen LogP contribution in [0.25, 0.3) is 0 Å². The highest BCUT2D eigenvalue weighted by Crippen LogP contribution is 2.07. The van der Waals surface area contributed by atoms with Gasteiger partial charge in [0.15, 0.2) is 5.78 Å². The lowest BCUT2D eigenvalue weighted by Crippen LogP contribution is -2.14. The van der Waals surface area contributed by atoms with Crippen LogP contribution in [-0.2, 0) is 10.8 Å². The van der Waals surface area contributed by atoms with E-state index in [0.717, 1.165) is 6.42 Å². The highest BCUT2D eigenvalue weighted by Gasteiger charge is 2.11. The van der Waals surface area contributed by atoms with E-state index >= 15 is 0 Å². The van der Waals surface area contributed by atoms with E-state index in [4.69, 9.17) is 0 Å². The van der Waals surface area contributed by atoms with Crippen molar-refractivity contribution < 1.29 is 13.4 Å². The maximum atomic E-state index is 12.9. The third kappa shape index (κ3) is 5.22. The van der Waals surface area contributed by atoms with Gasteiger partial charge in [-0.2, -0.15) is 0 Å². The number of hydrogen-bond donors (Lipinski definition) is 0. The Hall–Kier alpha value is -1.03. The number of benzene rings is 1. The molecule has 1 unspecified atom stereocenters. The lowest BCUT2D eigenvalue weighted by molar-refractivity contribution is 0.102. The van der Waals surface area contributed by atoms with Crippen molar-refractivity contribution in [3.8, 4) is 0 Å². The molecule has 0 saturated heterocycles. The van der Waals surface area contributed by atoms with Gasteiger partial charge >= 0.3 is 0 Å². The molecule has 1 rings (SSSR count). The second-order valence-electron chi connectivity index (χ2n) is 4.40. The van der Waals surface area contributed by atoms with E-state index in [-0.39, 0.29) is 11.5 Å². The third-order valence-electron chi connectivity index (χ3n) is 2.36. The molecule has 94 valence electrons. The van der Waals surface area contributed by atoms with Gasteiger partial charge in [0, 0.05) is 22.1 Å². The van der Waals surface area contributed by atoms with Gasteiger partial charge in [0.2, 0.25) is 0 Å². The van der Waals surface area contributed by atoms with E-state index in [9.17, 15) is 13.4 Å². The number of ketones is 1. The van der Waals surface area contributed by atoms with E-state index < -0.39 is 16.6 Å². The predicted octanol–water partition coefficient (Wildman–Crippen LogP) is 2.80. The molecule has 0 aromatic heterocycles. The van der Waals surface area contributed by atoms with Gasteiger partial charge < -0.3 is 0 Å². The number of carbonyl (C=O) groups excluding carboxylic acids is 1. The fraction of sp³-hybridized carbons (Fsp3) is 0.462. The van der Waals surface area contributed by atoms with Crippen molar-refractivity contribution in [1.29, 1.82) is 0 Å². The summed E-state index contributed by atoms with van der Waals surface area (Å²) in [6.07, 6.45) is 0.836. The SMILES string of the molecule is CC(C)CCS(=O)CC(=O)c1cccc(F)c1. The fourth-order valence-corrected chi connectivity index (χ4v) is 2.67. The van der Waals surface area contributed by atoms with Crippen molar-refractivity contribution in [3.63, 3.8) is 0 Å². The van der Waals surface area contributed by atoms with Gasteiger partial charge in [0.1, 0.15) is 5.82 Å². The van der Waals surface area contributed by atoms with Crippen molar-refractivity contribution >= 4 is 16.6 Å². The lowest BCUT2D eigenvalue weighted by atomic mass is 10.1. The van der Waals surface area contributed by atoms with Crippen LogP contribution in [0.4, 0.5) is 4.39 Å². The molecule has 0 N–H and O–H groups in total. The Morgan fingerprint density at radius 2 is 2.12 bits per heavy atom. The van der Waals surface area contributed by atoms with Crippen LogP contribution >= 0.6 is 0 Å². The Morgan fingerprint density at radius 3 is 2.71 bits per heavy atom. The maximum absolute atomic E-state index is 12.9. The Morgan fingerprint density at radius 1 is 1.41 bits per heavy atom. The molecule has 0 aliphatic rings. The largest absolute Gasteiger partial charge is 0.293 e. The average Bonchev–Trinajstić information content (AvgIpc) is 2.26. The summed E-state index contributed by atoms with van der Waals surface area (Å²) in [5.74, 6) is 0.285. The van der Waals surface area contributed by atoms with Crippen LogP contribution < -0.4 is 0 Å². The second-order valence-corrected chi connectivity index (χ2v) is 5.98. The molecule has 1 aromatic carbocycles. The molecule has 0 aliphatic heterocycles. The first-order valence-electron chi connectivity index (χ1n) is 5.62. The highest BCUT2D eigenvalue weighted by molar-refractivity contribution is 7.85. The summed E-state index contributed by atoms with van der Waals surface area (Å²) in [6.45, 7) is 4.09. The van der Waals surface area contributed by atoms with E-state index in [0.29, 0.717) is 17.2 Å². The van der Waals surface area contributed by atoms with Crippen LogP contribution in [0, 0.1) is 11.7 Å². The van der Waals surface area contributed by atoms with Gasteiger partial charge in [0.05, 0.1) is 5.75 Å².